The molecule has 12 heteroatoms. The average Bonchev–Trinajstić information content (AvgIpc) is 3.31. The van der Waals surface area contributed by atoms with Crippen LogP contribution in [0.25, 0.3) is 0 Å². The van der Waals surface area contributed by atoms with Gasteiger partial charge in [0, 0.05) is 17.5 Å². The van der Waals surface area contributed by atoms with Crippen LogP contribution in [0.5, 0.6) is 0 Å². The molecule has 0 aliphatic carbocycles. The SMILES string of the molecule is C=CCn1c(Cc2csc(NC(=O)c3cc(C)c(C)c(S(=O)(=O)NC)c3)n2)n[nH]c1=S. The molecule has 3 rings (SSSR count). The standard InChI is InChI=1S/C19H22N6O3S3/c1-5-6-25-16(23-24-19(25)29)9-14-10-30-18(21-14)22-17(26)13-7-11(2)12(3)15(8-13)31(27,28)20-4/h5,7-8,10,20H,1,6,9H2,2-4H3,(H,24,29)(H,21,22,26). The monoisotopic (exact) mass is 478 g/mol. The third-order valence-corrected chi connectivity index (χ3v) is 7.36. The summed E-state index contributed by atoms with van der Waals surface area (Å²) < 4.78 is 29.2. The number of aromatic amines is 1. The molecule has 0 spiro atoms. The number of aromatic nitrogens is 4. The Morgan fingerprint density at radius 1 is 1.39 bits per heavy atom. The Morgan fingerprint density at radius 2 is 2.13 bits per heavy atom. The molecular weight excluding hydrogens is 456 g/mol. The summed E-state index contributed by atoms with van der Waals surface area (Å²) in [6, 6.07) is 3.02. The first-order valence-electron chi connectivity index (χ1n) is 9.21. The van der Waals surface area contributed by atoms with Gasteiger partial charge in [-0.05, 0) is 56.4 Å². The fourth-order valence-corrected chi connectivity index (χ4v) is 4.92. The molecule has 0 atom stereocenters. The Kier molecular flexibility index (Phi) is 6.84. The zero-order chi connectivity index (χ0) is 22.8. The maximum atomic E-state index is 12.7. The number of carbonyl (C=O) groups is 1. The molecule has 1 aromatic carbocycles. The first-order valence-corrected chi connectivity index (χ1v) is 12.0. The number of thiazole rings is 1. The van der Waals surface area contributed by atoms with E-state index in [2.05, 4.69) is 31.8 Å². The fourth-order valence-electron chi connectivity index (χ4n) is 2.93. The molecule has 2 heterocycles. The minimum Gasteiger partial charge on any atom is -0.300 e. The van der Waals surface area contributed by atoms with Crippen molar-refractivity contribution < 1.29 is 13.2 Å². The summed E-state index contributed by atoms with van der Waals surface area (Å²) in [7, 11) is -2.35. The molecule has 31 heavy (non-hydrogen) atoms. The zero-order valence-electron chi connectivity index (χ0n) is 17.2. The van der Waals surface area contributed by atoms with Crippen molar-refractivity contribution in [1.82, 2.24) is 24.5 Å². The van der Waals surface area contributed by atoms with Gasteiger partial charge in [0.25, 0.3) is 5.91 Å². The number of allylic oxidation sites excluding steroid dienone is 1. The van der Waals surface area contributed by atoms with E-state index in [1.54, 1.807) is 26.0 Å². The minimum absolute atomic E-state index is 0.0741. The van der Waals surface area contributed by atoms with E-state index in [1.807, 2.05) is 9.95 Å². The lowest BCUT2D eigenvalue weighted by Crippen LogP contribution is -2.21. The van der Waals surface area contributed by atoms with E-state index in [0.717, 1.165) is 5.69 Å². The summed E-state index contributed by atoms with van der Waals surface area (Å²) in [6.07, 6.45) is 2.16. The number of hydrogen-bond donors (Lipinski definition) is 3. The third-order valence-electron chi connectivity index (χ3n) is 4.70. The van der Waals surface area contributed by atoms with Gasteiger partial charge >= 0.3 is 0 Å². The van der Waals surface area contributed by atoms with Gasteiger partial charge in [0.1, 0.15) is 5.82 Å². The predicted octanol–water partition coefficient (Wildman–Crippen LogP) is 2.95. The number of rotatable bonds is 8. The molecule has 0 saturated carbocycles. The van der Waals surface area contributed by atoms with E-state index < -0.39 is 15.9 Å². The van der Waals surface area contributed by atoms with Crippen molar-refractivity contribution in [2.24, 2.45) is 0 Å². The van der Waals surface area contributed by atoms with Crippen LogP contribution in [-0.2, 0) is 23.0 Å². The largest absolute Gasteiger partial charge is 0.300 e. The highest BCUT2D eigenvalue weighted by atomic mass is 32.2. The Labute approximate surface area is 189 Å². The Hall–Kier alpha value is -2.67. The Morgan fingerprint density at radius 3 is 2.81 bits per heavy atom. The van der Waals surface area contributed by atoms with Crippen molar-refractivity contribution in [2.75, 3.05) is 12.4 Å². The molecule has 0 aliphatic rings. The van der Waals surface area contributed by atoms with Gasteiger partial charge < -0.3 is 0 Å². The summed E-state index contributed by atoms with van der Waals surface area (Å²) in [5.74, 6) is 0.273. The van der Waals surface area contributed by atoms with Gasteiger partial charge in [-0.25, -0.2) is 18.1 Å². The van der Waals surface area contributed by atoms with Gasteiger partial charge in [-0.2, -0.15) is 5.10 Å². The number of nitrogens with one attached hydrogen (secondary N) is 3. The van der Waals surface area contributed by atoms with E-state index >= 15 is 0 Å². The van der Waals surface area contributed by atoms with Gasteiger partial charge in [-0.3, -0.25) is 19.8 Å². The smallest absolute Gasteiger partial charge is 0.257 e. The lowest BCUT2D eigenvalue weighted by molar-refractivity contribution is 0.102. The van der Waals surface area contributed by atoms with Crippen LogP contribution in [0.4, 0.5) is 5.13 Å². The molecule has 3 N–H and O–H groups in total. The number of hydrogen-bond acceptors (Lipinski definition) is 7. The van der Waals surface area contributed by atoms with Gasteiger partial charge in [0.2, 0.25) is 10.0 Å². The van der Waals surface area contributed by atoms with Gasteiger partial charge in [0.05, 0.1) is 17.0 Å². The fraction of sp³-hybridized carbons (Fsp3) is 0.263. The summed E-state index contributed by atoms with van der Waals surface area (Å²) in [4.78, 5) is 17.3. The summed E-state index contributed by atoms with van der Waals surface area (Å²) in [5, 5.41) is 11.9. The summed E-state index contributed by atoms with van der Waals surface area (Å²) in [5.41, 5.74) is 2.25. The quantitative estimate of drug-likeness (QED) is 0.338. The molecule has 0 aliphatic heterocycles. The molecule has 1 amide bonds. The van der Waals surface area contributed by atoms with Gasteiger partial charge in [-0.1, -0.05) is 6.08 Å². The molecular formula is C19H22N6O3S3. The van der Waals surface area contributed by atoms with Crippen LogP contribution in [0.2, 0.25) is 0 Å². The summed E-state index contributed by atoms with van der Waals surface area (Å²) >= 11 is 6.48. The van der Waals surface area contributed by atoms with Crippen LogP contribution in [0.1, 0.15) is 33.0 Å². The van der Waals surface area contributed by atoms with E-state index in [9.17, 15) is 13.2 Å². The number of H-pyrrole nitrogens is 1. The van der Waals surface area contributed by atoms with E-state index in [4.69, 9.17) is 12.2 Å². The van der Waals surface area contributed by atoms with Crippen molar-refractivity contribution in [1.29, 1.82) is 0 Å². The number of aryl methyl sites for hydroxylation is 1. The highest BCUT2D eigenvalue weighted by Crippen LogP contribution is 2.23. The Bertz CT molecular complexity index is 1300. The van der Waals surface area contributed by atoms with Crippen molar-refractivity contribution in [3.63, 3.8) is 0 Å². The highest BCUT2D eigenvalue weighted by Gasteiger charge is 2.20. The van der Waals surface area contributed by atoms with Crippen LogP contribution in [0, 0.1) is 18.6 Å². The van der Waals surface area contributed by atoms with E-state index in [0.29, 0.717) is 39.8 Å². The number of carbonyl (C=O) groups excluding carboxylic acids is 1. The van der Waals surface area contributed by atoms with Crippen molar-refractivity contribution in [3.05, 3.63) is 63.1 Å². The number of benzene rings is 1. The molecule has 0 bridgehead atoms. The van der Waals surface area contributed by atoms with E-state index in [-0.39, 0.29) is 10.5 Å². The van der Waals surface area contributed by atoms with Crippen molar-refractivity contribution >= 4 is 44.6 Å². The average molecular weight is 479 g/mol. The first-order chi connectivity index (χ1) is 14.7. The number of anilines is 1. The van der Waals surface area contributed by atoms with Crippen LogP contribution in [-0.4, -0.2) is 41.1 Å². The molecule has 0 radical (unpaired) electrons. The Balaban J connectivity index is 1.81. The maximum Gasteiger partial charge on any atom is 0.257 e. The molecule has 9 nitrogen and oxygen atoms in total. The molecule has 0 unspecified atom stereocenters. The molecule has 0 saturated heterocycles. The van der Waals surface area contributed by atoms with Crippen molar-refractivity contribution in [2.45, 2.75) is 31.7 Å². The van der Waals surface area contributed by atoms with Crippen LogP contribution in [0.15, 0.2) is 35.1 Å². The van der Waals surface area contributed by atoms with Crippen LogP contribution < -0.4 is 10.0 Å². The second-order valence-electron chi connectivity index (χ2n) is 6.74. The number of sulfonamides is 1. The molecule has 2 aromatic heterocycles. The topological polar surface area (TPSA) is 122 Å². The third kappa shape index (κ3) is 4.98. The molecule has 0 fully saturated rings. The molecule has 164 valence electrons. The normalized spacial score (nSPS) is 11.5. The number of nitrogens with zero attached hydrogens (tertiary/aromatic N) is 3. The van der Waals surface area contributed by atoms with E-state index in [1.165, 1.54) is 24.5 Å². The van der Waals surface area contributed by atoms with Crippen LogP contribution in [0.3, 0.4) is 0 Å². The predicted molar refractivity (Wildman–Crippen MR) is 123 cm³/mol. The van der Waals surface area contributed by atoms with Gasteiger partial charge in [0.15, 0.2) is 9.90 Å². The highest BCUT2D eigenvalue weighted by molar-refractivity contribution is 7.89. The number of amides is 1. The zero-order valence-corrected chi connectivity index (χ0v) is 19.7. The molecule has 3 aromatic rings. The minimum atomic E-state index is -3.69. The van der Waals surface area contributed by atoms with Gasteiger partial charge in [-0.15, -0.1) is 17.9 Å². The lowest BCUT2D eigenvalue weighted by atomic mass is 10.1. The second-order valence-corrected chi connectivity index (χ2v) is 9.84. The second kappa shape index (κ2) is 9.22. The first kappa shape index (κ1) is 23.0. The van der Waals surface area contributed by atoms with Crippen LogP contribution >= 0.6 is 23.6 Å². The lowest BCUT2D eigenvalue weighted by Gasteiger charge is -2.12. The summed E-state index contributed by atoms with van der Waals surface area (Å²) in [6.45, 7) is 7.71. The van der Waals surface area contributed by atoms with Crippen molar-refractivity contribution in [3.8, 4) is 0 Å². The maximum absolute atomic E-state index is 12.7.